The van der Waals surface area contributed by atoms with Crippen molar-refractivity contribution in [1.29, 1.82) is 5.26 Å². The van der Waals surface area contributed by atoms with Crippen molar-refractivity contribution >= 4 is 20.2 Å². The van der Waals surface area contributed by atoms with Crippen LogP contribution in [-0.4, -0.2) is 20.2 Å². The van der Waals surface area contributed by atoms with Gasteiger partial charge in [0.25, 0.3) is 0 Å². The molecule has 7 heavy (non-hydrogen) atoms. The summed E-state index contributed by atoms with van der Waals surface area (Å²) < 4.78 is 4.97. The maximum absolute atomic E-state index is 8.02. The van der Waals surface area contributed by atoms with Gasteiger partial charge in [0.2, 0.25) is 0 Å². The van der Waals surface area contributed by atoms with E-state index in [2.05, 4.69) is 6.07 Å². The lowest BCUT2D eigenvalue weighted by molar-refractivity contribution is 0.660. The fourth-order valence-electron chi connectivity index (χ4n) is 0.296. The average Bonchev–Trinajstić information content (AvgIpc) is 1.69. The first-order valence-electron chi connectivity index (χ1n) is 2.27. The predicted molar refractivity (Wildman–Crippen MR) is 34.6 cm³/mol. The molecular weight excluding hydrogens is 122 g/mol. The Hall–Kier alpha value is -0.116. The van der Waals surface area contributed by atoms with Crippen molar-refractivity contribution in [2.45, 2.75) is 12.5 Å². The molecule has 0 fully saturated rings. The molecule has 0 saturated carbocycles. The molecule has 2 nitrogen and oxygen atoms in total. The molecule has 0 heterocycles. The Morgan fingerprint density at radius 1 is 1.86 bits per heavy atom. The largest absolute Gasteiger partial charge is 0.468 e. The van der Waals surface area contributed by atoms with Crippen LogP contribution in [0, 0.1) is 11.3 Å². The number of rotatable bonds is 3. The number of nitriles is 1. The van der Waals surface area contributed by atoms with E-state index < -0.39 is 0 Å². The Balaban J connectivity index is 2.60. The first-order chi connectivity index (χ1) is 3.41. The fraction of sp³-hybridized carbons (Fsp3) is 0.667. The van der Waals surface area contributed by atoms with Crippen LogP contribution in [0.3, 0.4) is 0 Å². The SMILES string of the molecule is N#CCC[SiH2]O[SiH3]. The van der Waals surface area contributed by atoms with E-state index in [1.54, 1.807) is 0 Å². The van der Waals surface area contributed by atoms with Crippen molar-refractivity contribution in [2.24, 2.45) is 0 Å². The lowest BCUT2D eigenvalue weighted by atomic mass is 10.6. The smallest absolute Gasteiger partial charge is 0.146 e. The minimum absolute atomic E-state index is 0.250. The fourth-order valence-corrected chi connectivity index (χ4v) is 1.75. The summed E-state index contributed by atoms with van der Waals surface area (Å²) in [7, 11) is 0.608. The minimum atomic E-state index is -0.250. The van der Waals surface area contributed by atoms with Crippen LogP contribution in [0.2, 0.25) is 6.04 Å². The predicted octanol–water partition coefficient (Wildman–Crippen LogP) is -1.30. The molecule has 0 rings (SSSR count). The number of hydrogen-bond donors (Lipinski definition) is 0. The van der Waals surface area contributed by atoms with Gasteiger partial charge in [-0.3, -0.25) is 0 Å². The van der Waals surface area contributed by atoms with Gasteiger partial charge in [-0.2, -0.15) is 5.26 Å². The molecule has 0 amide bonds. The Labute approximate surface area is 49.0 Å². The van der Waals surface area contributed by atoms with E-state index in [-0.39, 0.29) is 9.76 Å². The summed E-state index contributed by atoms with van der Waals surface area (Å²) in [5.74, 6) is 0. The van der Waals surface area contributed by atoms with E-state index in [0.717, 1.165) is 16.5 Å². The Morgan fingerprint density at radius 2 is 2.57 bits per heavy atom. The molecule has 0 spiro atoms. The summed E-state index contributed by atoms with van der Waals surface area (Å²) in [5.41, 5.74) is 0. The molecule has 0 radical (unpaired) electrons. The highest BCUT2D eigenvalue weighted by Crippen LogP contribution is 1.82. The first-order valence-corrected chi connectivity index (χ1v) is 4.67. The third-order valence-corrected chi connectivity index (χ3v) is 2.91. The normalized spacial score (nSPS) is 10.1. The van der Waals surface area contributed by atoms with Crippen LogP contribution in [0.1, 0.15) is 6.42 Å². The van der Waals surface area contributed by atoms with E-state index in [9.17, 15) is 0 Å². The molecule has 0 N–H and O–H groups in total. The van der Waals surface area contributed by atoms with E-state index in [4.69, 9.17) is 9.38 Å². The van der Waals surface area contributed by atoms with Crippen LogP contribution in [0.4, 0.5) is 0 Å². The summed E-state index contributed by atoms with van der Waals surface area (Å²) in [5, 5.41) is 8.02. The topological polar surface area (TPSA) is 33.0 Å². The van der Waals surface area contributed by atoms with Gasteiger partial charge in [-0.05, 0) is 6.04 Å². The van der Waals surface area contributed by atoms with E-state index >= 15 is 0 Å². The van der Waals surface area contributed by atoms with Crippen LogP contribution in [0.15, 0.2) is 0 Å². The molecule has 40 valence electrons. The lowest BCUT2D eigenvalue weighted by Crippen LogP contribution is -1.91. The molecule has 0 bridgehead atoms. The van der Waals surface area contributed by atoms with Gasteiger partial charge in [-0.15, -0.1) is 0 Å². The monoisotopic (exact) mass is 131 g/mol. The average molecular weight is 131 g/mol. The highest BCUT2D eigenvalue weighted by atomic mass is 28.3. The number of nitrogens with zero attached hydrogens (tertiary/aromatic N) is 1. The Kier molecular flexibility index (Phi) is 5.79. The van der Waals surface area contributed by atoms with Crippen molar-refractivity contribution < 1.29 is 4.12 Å². The quantitative estimate of drug-likeness (QED) is 0.352. The van der Waals surface area contributed by atoms with Gasteiger partial charge in [-0.25, -0.2) is 0 Å². The van der Waals surface area contributed by atoms with Gasteiger partial charge < -0.3 is 4.12 Å². The van der Waals surface area contributed by atoms with E-state index in [1.807, 2.05) is 0 Å². The molecule has 0 aromatic rings. The zero-order chi connectivity index (χ0) is 5.54. The highest BCUT2D eigenvalue weighted by molar-refractivity contribution is 6.34. The molecule has 0 aliphatic heterocycles. The minimum Gasteiger partial charge on any atom is -0.468 e. The van der Waals surface area contributed by atoms with Gasteiger partial charge in [0.1, 0.15) is 20.2 Å². The van der Waals surface area contributed by atoms with Crippen molar-refractivity contribution in [3.8, 4) is 6.07 Å². The molecule has 0 aliphatic rings. The maximum Gasteiger partial charge on any atom is 0.146 e. The van der Waals surface area contributed by atoms with Crippen molar-refractivity contribution in [3.05, 3.63) is 0 Å². The van der Waals surface area contributed by atoms with Crippen LogP contribution in [0.5, 0.6) is 0 Å². The second kappa shape index (κ2) is 5.88. The third kappa shape index (κ3) is 5.88. The van der Waals surface area contributed by atoms with Crippen LogP contribution >= 0.6 is 0 Å². The van der Waals surface area contributed by atoms with Crippen molar-refractivity contribution in [2.75, 3.05) is 0 Å². The second-order valence-electron chi connectivity index (χ2n) is 1.25. The molecule has 0 aliphatic carbocycles. The molecule has 0 aromatic heterocycles. The van der Waals surface area contributed by atoms with Crippen molar-refractivity contribution in [3.63, 3.8) is 0 Å². The van der Waals surface area contributed by atoms with Crippen LogP contribution < -0.4 is 0 Å². The van der Waals surface area contributed by atoms with Crippen molar-refractivity contribution in [1.82, 2.24) is 0 Å². The summed E-state index contributed by atoms with van der Waals surface area (Å²) in [6.45, 7) is 0. The third-order valence-electron chi connectivity index (χ3n) is 0.637. The Morgan fingerprint density at radius 3 is 3.00 bits per heavy atom. The molecule has 4 heteroatoms. The lowest BCUT2D eigenvalue weighted by Gasteiger charge is -1.87. The van der Waals surface area contributed by atoms with Gasteiger partial charge in [-0.1, -0.05) is 0 Å². The number of hydrogen-bond acceptors (Lipinski definition) is 2. The summed E-state index contributed by atoms with van der Waals surface area (Å²) in [6.07, 6.45) is 0.689. The van der Waals surface area contributed by atoms with Crippen LogP contribution in [0.25, 0.3) is 0 Å². The van der Waals surface area contributed by atoms with E-state index in [1.165, 1.54) is 0 Å². The van der Waals surface area contributed by atoms with Gasteiger partial charge in [0.15, 0.2) is 0 Å². The molecule has 0 aromatic carbocycles. The molecular formula is C3H9NOSi2. The van der Waals surface area contributed by atoms with E-state index in [0.29, 0.717) is 6.42 Å². The zero-order valence-electron chi connectivity index (χ0n) is 4.48. The van der Waals surface area contributed by atoms with Gasteiger partial charge in [0, 0.05) is 6.42 Å². The summed E-state index contributed by atoms with van der Waals surface area (Å²) >= 11 is 0. The van der Waals surface area contributed by atoms with Gasteiger partial charge in [0.05, 0.1) is 6.07 Å². The molecule has 0 saturated heterocycles. The summed E-state index contributed by atoms with van der Waals surface area (Å²) in [6, 6.07) is 3.10. The standard InChI is InChI=1S/C3H9NOSi2/c4-2-1-3-7-5-6/h1,3,7H2,6H3. The Bertz CT molecular complexity index is 69.8. The molecule has 0 atom stereocenters. The summed E-state index contributed by atoms with van der Waals surface area (Å²) in [4.78, 5) is 0. The highest BCUT2D eigenvalue weighted by Gasteiger charge is 1.80. The molecule has 0 unspecified atom stereocenters. The van der Waals surface area contributed by atoms with Gasteiger partial charge >= 0.3 is 0 Å². The first kappa shape index (κ1) is 6.88. The maximum atomic E-state index is 8.02. The zero-order valence-corrected chi connectivity index (χ0v) is 7.89. The second-order valence-corrected chi connectivity index (χ2v) is 4.68. The van der Waals surface area contributed by atoms with Crippen LogP contribution in [-0.2, 0) is 4.12 Å².